The van der Waals surface area contributed by atoms with E-state index >= 15 is 0 Å². The van der Waals surface area contributed by atoms with E-state index in [-0.39, 0.29) is 0 Å². The molecular formula is C17H27NO3. The van der Waals surface area contributed by atoms with Crippen LogP contribution in [-0.4, -0.2) is 33.9 Å². The molecule has 0 radical (unpaired) electrons. The standard InChI is InChI=1S/C17H27NO3/c1-7-13(11-18-12(2)3)8-14-9-16(20-5)17(21-6)10-15(14)19-4/h8-10,12,18H,7,11H2,1-6H3. The highest BCUT2D eigenvalue weighted by Gasteiger charge is 2.11. The maximum absolute atomic E-state index is 5.46. The van der Waals surface area contributed by atoms with Gasteiger partial charge in [0.15, 0.2) is 11.5 Å². The lowest BCUT2D eigenvalue weighted by Crippen LogP contribution is -2.24. The smallest absolute Gasteiger partial charge is 0.164 e. The van der Waals surface area contributed by atoms with Crippen LogP contribution in [0.1, 0.15) is 32.8 Å². The predicted molar refractivity (Wildman–Crippen MR) is 87.5 cm³/mol. The van der Waals surface area contributed by atoms with E-state index in [2.05, 4.69) is 32.2 Å². The first-order chi connectivity index (χ1) is 10.0. The van der Waals surface area contributed by atoms with Crippen molar-refractivity contribution in [3.05, 3.63) is 23.3 Å². The van der Waals surface area contributed by atoms with E-state index < -0.39 is 0 Å². The van der Waals surface area contributed by atoms with Crippen molar-refractivity contribution in [1.82, 2.24) is 5.32 Å². The van der Waals surface area contributed by atoms with Crippen molar-refractivity contribution < 1.29 is 14.2 Å². The summed E-state index contributed by atoms with van der Waals surface area (Å²) in [6, 6.07) is 4.27. The molecule has 0 saturated carbocycles. The van der Waals surface area contributed by atoms with Crippen LogP contribution >= 0.6 is 0 Å². The molecule has 0 bridgehead atoms. The van der Waals surface area contributed by atoms with E-state index in [0.717, 1.165) is 24.3 Å². The Morgan fingerprint density at radius 1 is 1.05 bits per heavy atom. The normalized spacial score (nSPS) is 11.7. The highest BCUT2D eigenvalue weighted by atomic mass is 16.5. The number of nitrogens with one attached hydrogen (secondary N) is 1. The first kappa shape index (κ1) is 17.4. The van der Waals surface area contributed by atoms with Crippen molar-refractivity contribution in [2.75, 3.05) is 27.9 Å². The van der Waals surface area contributed by atoms with Crippen LogP contribution in [0.3, 0.4) is 0 Å². The first-order valence-electron chi connectivity index (χ1n) is 7.28. The third-order valence-electron chi connectivity index (χ3n) is 3.29. The predicted octanol–water partition coefficient (Wildman–Crippen LogP) is 3.50. The molecule has 0 aliphatic rings. The largest absolute Gasteiger partial charge is 0.496 e. The zero-order chi connectivity index (χ0) is 15.8. The molecular weight excluding hydrogens is 266 g/mol. The van der Waals surface area contributed by atoms with Gasteiger partial charge in [-0.2, -0.15) is 0 Å². The van der Waals surface area contributed by atoms with E-state index in [1.54, 1.807) is 21.3 Å². The second kappa shape index (κ2) is 8.57. The second-order valence-corrected chi connectivity index (χ2v) is 5.14. The van der Waals surface area contributed by atoms with Crippen LogP contribution in [-0.2, 0) is 0 Å². The molecule has 0 aliphatic heterocycles. The molecule has 0 amide bonds. The Balaban J connectivity index is 3.14. The topological polar surface area (TPSA) is 39.7 Å². The second-order valence-electron chi connectivity index (χ2n) is 5.14. The number of benzene rings is 1. The Morgan fingerprint density at radius 3 is 2.10 bits per heavy atom. The summed E-state index contributed by atoms with van der Waals surface area (Å²) in [7, 11) is 4.92. The van der Waals surface area contributed by atoms with E-state index in [1.807, 2.05) is 12.1 Å². The fourth-order valence-electron chi connectivity index (χ4n) is 2.00. The number of ether oxygens (including phenoxy) is 3. The number of hydrogen-bond donors (Lipinski definition) is 1. The minimum atomic E-state index is 0.465. The SMILES string of the molecule is CCC(=Cc1cc(OC)c(OC)cc1OC)CNC(C)C. The monoisotopic (exact) mass is 293 g/mol. The van der Waals surface area contributed by atoms with Crippen molar-refractivity contribution in [2.45, 2.75) is 33.2 Å². The van der Waals surface area contributed by atoms with Crippen molar-refractivity contribution in [2.24, 2.45) is 0 Å². The minimum absolute atomic E-state index is 0.465. The number of rotatable bonds is 8. The Kier molecular flexibility index (Phi) is 7.09. The molecule has 0 fully saturated rings. The molecule has 4 nitrogen and oxygen atoms in total. The summed E-state index contributed by atoms with van der Waals surface area (Å²) in [5, 5.41) is 3.44. The van der Waals surface area contributed by atoms with Crippen LogP contribution in [0.4, 0.5) is 0 Å². The van der Waals surface area contributed by atoms with Gasteiger partial charge < -0.3 is 19.5 Å². The van der Waals surface area contributed by atoms with Crippen LogP contribution in [0.2, 0.25) is 0 Å². The van der Waals surface area contributed by atoms with Gasteiger partial charge in [0.2, 0.25) is 0 Å². The van der Waals surface area contributed by atoms with Crippen LogP contribution in [0.15, 0.2) is 17.7 Å². The van der Waals surface area contributed by atoms with Crippen LogP contribution < -0.4 is 19.5 Å². The molecule has 0 saturated heterocycles. The van der Waals surface area contributed by atoms with Gasteiger partial charge in [-0.15, -0.1) is 0 Å². The zero-order valence-corrected chi connectivity index (χ0v) is 13.9. The molecule has 0 heterocycles. The molecule has 118 valence electrons. The maximum Gasteiger partial charge on any atom is 0.164 e. The fraction of sp³-hybridized carbons (Fsp3) is 0.529. The highest BCUT2D eigenvalue weighted by molar-refractivity contribution is 5.65. The lowest BCUT2D eigenvalue weighted by Gasteiger charge is -2.14. The summed E-state index contributed by atoms with van der Waals surface area (Å²) in [5.41, 5.74) is 2.31. The maximum atomic E-state index is 5.46. The molecule has 21 heavy (non-hydrogen) atoms. The Morgan fingerprint density at radius 2 is 1.62 bits per heavy atom. The Labute approximate surface area is 128 Å². The summed E-state index contributed by atoms with van der Waals surface area (Å²) in [6.07, 6.45) is 3.13. The third kappa shape index (κ3) is 4.97. The van der Waals surface area contributed by atoms with Gasteiger partial charge >= 0.3 is 0 Å². The lowest BCUT2D eigenvalue weighted by molar-refractivity contribution is 0.348. The average Bonchev–Trinajstić information content (AvgIpc) is 2.50. The fourth-order valence-corrected chi connectivity index (χ4v) is 2.00. The van der Waals surface area contributed by atoms with E-state index in [4.69, 9.17) is 14.2 Å². The molecule has 1 aromatic rings. The molecule has 1 N–H and O–H groups in total. The number of methoxy groups -OCH3 is 3. The van der Waals surface area contributed by atoms with Gasteiger partial charge in [-0.05, 0) is 12.5 Å². The summed E-state index contributed by atoms with van der Waals surface area (Å²) >= 11 is 0. The highest BCUT2D eigenvalue weighted by Crippen LogP contribution is 2.35. The van der Waals surface area contributed by atoms with E-state index in [1.165, 1.54) is 5.57 Å². The minimum Gasteiger partial charge on any atom is -0.496 e. The van der Waals surface area contributed by atoms with Gasteiger partial charge in [0.25, 0.3) is 0 Å². The summed E-state index contributed by atoms with van der Waals surface area (Å²) < 4.78 is 16.1. The van der Waals surface area contributed by atoms with Gasteiger partial charge in [0, 0.05) is 24.2 Å². The summed E-state index contributed by atoms with van der Waals surface area (Å²) in [4.78, 5) is 0. The zero-order valence-electron chi connectivity index (χ0n) is 13.9. The molecule has 0 unspecified atom stereocenters. The molecule has 0 aromatic heterocycles. The van der Waals surface area contributed by atoms with E-state index in [9.17, 15) is 0 Å². The van der Waals surface area contributed by atoms with Gasteiger partial charge in [0.1, 0.15) is 5.75 Å². The molecule has 0 spiro atoms. The molecule has 0 atom stereocenters. The van der Waals surface area contributed by atoms with Crippen molar-refractivity contribution in [3.8, 4) is 17.2 Å². The summed E-state index contributed by atoms with van der Waals surface area (Å²) in [5.74, 6) is 2.16. The Hall–Kier alpha value is -1.68. The Bertz CT molecular complexity index is 481. The van der Waals surface area contributed by atoms with Crippen molar-refractivity contribution in [1.29, 1.82) is 0 Å². The van der Waals surface area contributed by atoms with Crippen LogP contribution in [0.25, 0.3) is 6.08 Å². The third-order valence-corrected chi connectivity index (χ3v) is 3.29. The summed E-state index contributed by atoms with van der Waals surface area (Å²) in [6.45, 7) is 7.31. The molecule has 1 aromatic carbocycles. The molecule has 4 heteroatoms. The van der Waals surface area contributed by atoms with Gasteiger partial charge in [-0.1, -0.05) is 32.4 Å². The van der Waals surface area contributed by atoms with Gasteiger partial charge in [-0.3, -0.25) is 0 Å². The molecule has 1 rings (SSSR count). The number of hydrogen-bond acceptors (Lipinski definition) is 4. The average molecular weight is 293 g/mol. The molecule has 0 aliphatic carbocycles. The van der Waals surface area contributed by atoms with Crippen molar-refractivity contribution >= 4 is 6.08 Å². The van der Waals surface area contributed by atoms with Crippen LogP contribution in [0, 0.1) is 0 Å². The van der Waals surface area contributed by atoms with Gasteiger partial charge in [0.05, 0.1) is 21.3 Å². The van der Waals surface area contributed by atoms with Crippen LogP contribution in [0.5, 0.6) is 17.2 Å². The quantitative estimate of drug-likeness (QED) is 0.796. The van der Waals surface area contributed by atoms with E-state index in [0.29, 0.717) is 17.5 Å². The van der Waals surface area contributed by atoms with Crippen molar-refractivity contribution in [3.63, 3.8) is 0 Å². The lowest BCUT2D eigenvalue weighted by atomic mass is 10.1. The first-order valence-corrected chi connectivity index (χ1v) is 7.28. The van der Waals surface area contributed by atoms with Gasteiger partial charge in [-0.25, -0.2) is 0 Å².